The minimum absolute atomic E-state index is 0.00446. The fourth-order valence-electron chi connectivity index (χ4n) is 3.38. The summed E-state index contributed by atoms with van der Waals surface area (Å²) in [6.45, 7) is 1.91. The van der Waals surface area contributed by atoms with Crippen LogP contribution in [0.4, 0.5) is 4.39 Å². The normalized spacial score (nSPS) is 17.4. The van der Waals surface area contributed by atoms with Gasteiger partial charge in [-0.2, -0.15) is 0 Å². The van der Waals surface area contributed by atoms with Crippen LogP contribution in [0.3, 0.4) is 0 Å². The highest BCUT2D eigenvalue weighted by atomic mass is 19.1. The number of carbonyl (C=O) groups excluding carboxylic acids is 1. The molecule has 26 heavy (non-hydrogen) atoms. The lowest BCUT2D eigenvalue weighted by Gasteiger charge is -2.32. The lowest BCUT2D eigenvalue weighted by atomic mass is 9.98. The SMILES string of the molecule is O=C(c1cnc2ccccn12)N1CCC[C@@H](COc2ccc(F)cc2)C1. The second-order valence-electron chi connectivity index (χ2n) is 6.60. The number of piperidine rings is 1. The molecule has 1 saturated heterocycles. The van der Waals surface area contributed by atoms with E-state index in [9.17, 15) is 9.18 Å². The highest BCUT2D eigenvalue weighted by Gasteiger charge is 2.26. The summed E-state index contributed by atoms with van der Waals surface area (Å²) in [4.78, 5) is 19.1. The van der Waals surface area contributed by atoms with Crippen LogP contribution >= 0.6 is 0 Å². The van der Waals surface area contributed by atoms with Crippen LogP contribution in [0.25, 0.3) is 5.65 Å². The van der Waals surface area contributed by atoms with Gasteiger partial charge < -0.3 is 9.64 Å². The molecule has 1 amide bonds. The summed E-state index contributed by atoms with van der Waals surface area (Å²) < 4.78 is 20.5. The largest absolute Gasteiger partial charge is 0.493 e. The van der Waals surface area contributed by atoms with E-state index in [2.05, 4.69) is 4.98 Å². The van der Waals surface area contributed by atoms with Gasteiger partial charge >= 0.3 is 0 Å². The average Bonchev–Trinajstić information content (AvgIpc) is 3.11. The minimum Gasteiger partial charge on any atom is -0.493 e. The molecular weight excluding hydrogens is 333 g/mol. The van der Waals surface area contributed by atoms with Crippen molar-refractivity contribution < 1.29 is 13.9 Å². The highest BCUT2D eigenvalue weighted by molar-refractivity contribution is 5.93. The van der Waals surface area contributed by atoms with Gasteiger partial charge in [0.05, 0.1) is 12.8 Å². The number of likely N-dealkylation sites (tertiary alicyclic amines) is 1. The van der Waals surface area contributed by atoms with E-state index in [1.165, 1.54) is 12.1 Å². The number of hydrogen-bond acceptors (Lipinski definition) is 3. The Labute approximate surface area is 151 Å². The lowest BCUT2D eigenvalue weighted by molar-refractivity contribution is 0.0626. The molecule has 1 aliphatic rings. The fourth-order valence-corrected chi connectivity index (χ4v) is 3.38. The van der Waals surface area contributed by atoms with Gasteiger partial charge in [-0.1, -0.05) is 6.07 Å². The summed E-state index contributed by atoms with van der Waals surface area (Å²) in [5.41, 5.74) is 1.35. The predicted molar refractivity (Wildman–Crippen MR) is 95.7 cm³/mol. The molecule has 4 rings (SSSR count). The number of pyridine rings is 1. The molecule has 0 spiro atoms. The zero-order valence-electron chi connectivity index (χ0n) is 14.3. The molecule has 134 valence electrons. The number of ether oxygens (including phenoxy) is 1. The van der Waals surface area contributed by atoms with Gasteiger partial charge in [0.25, 0.3) is 5.91 Å². The summed E-state index contributed by atoms with van der Waals surface area (Å²) in [6, 6.07) is 11.7. The van der Waals surface area contributed by atoms with Crippen molar-refractivity contribution in [2.45, 2.75) is 12.8 Å². The number of benzene rings is 1. The van der Waals surface area contributed by atoms with Crippen molar-refractivity contribution >= 4 is 11.6 Å². The van der Waals surface area contributed by atoms with Crippen LogP contribution in [0.15, 0.2) is 54.9 Å². The maximum atomic E-state index is 13.0. The first-order valence-electron chi connectivity index (χ1n) is 8.80. The second kappa shape index (κ2) is 7.15. The molecule has 2 aromatic heterocycles. The number of rotatable bonds is 4. The summed E-state index contributed by atoms with van der Waals surface area (Å²) >= 11 is 0. The Morgan fingerprint density at radius 3 is 2.92 bits per heavy atom. The van der Waals surface area contributed by atoms with Crippen molar-refractivity contribution in [1.29, 1.82) is 0 Å². The number of fused-ring (bicyclic) bond motifs is 1. The number of halogens is 1. The zero-order valence-corrected chi connectivity index (χ0v) is 14.3. The molecule has 0 saturated carbocycles. The van der Waals surface area contributed by atoms with E-state index in [1.54, 1.807) is 18.3 Å². The molecule has 1 fully saturated rings. The standard InChI is InChI=1S/C20H20FN3O2/c21-16-6-8-17(9-7-16)26-14-15-4-3-10-23(13-15)20(25)18-12-22-19-5-1-2-11-24(18)19/h1-2,5-9,11-12,15H,3-4,10,13-14H2/t15-/m1/s1. The maximum Gasteiger partial charge on any atom is 0.272 e. The molecule has 1 atom stereocenters. The number of imidazole rings is 1. The van der Waals surface area contributed by atoms with Crippen LogP contribution < -0.4 is 4.74 Å². The topological polar surface area (TPSA) is 46.8 Å². The minimum atomic E-state index is -0.278. The van der Waals surface area contributed by atoms with E-state index in [1.807, 2.05) is 33.7 Å². The van der Waals surface area contributed by atoms with Gasteiger partial charge in [-0.15, -0.1) is 0 Å². The van der Waals surface area contributed by atoms with Crippen LogP contribution in [0, 0.1) is 11.7 Å². The number of hydrogen-bond donors (Lipinski definition) is 0. The summed E-state index contributed by atoms with van der Waals surface area (Å²) in [5.74, 6) is 0.628. The molecular formula is C20H20FN3O2. The van der Waals surface area contributed by atoms with Crippen LogP contribution in [0.5, 0.6) is 5.75 Å². The Bertz CT molecular complexity index is 907. The molecule has 0 unspecified atom stereocenters. The molecule has 3 heterocycles. The van der Waals surface area contributed by atoms with E-state index in [0.29, 0.717) is 24.6 Å². The van der Waals surface area contributed by atoms with Crippen molar-refractivity contribution in [2.24, 2.45) is 5.92 Å². The second-order valence-corrected chi connectivity index (χ2v) is 6.60. The van der Waals surface area contributed by atoms with Crippen LogP contribution in [0.2, 0.25) is 0 Å². The number of amides is 1. The van der Waals surface area contributed by atoms with Gasteiger partial charge in [0.1, 0.15) is 22.9 Å². The molecule has 6 heteroatoms. The highest BCUT2D eigenvalue weighted by Crippen LogP contribution is 2.21. The fraction of sp³-hybridized carbons (Fsp3) is 0.300. The van der Waals surface area contributed by atoms with E-state index in [0.717, 1.165) is 25.0 Å². The monoisotopic (exact) mass is 353 g/mol. The Morgan fingerprint density at radius 1 is 1.23 bits per heavy atom. The average molecular weight is 353 g/mol. The van der Waals surface area contributed by atoms with Crippen molar-refractivity contribution in [2.75, 3.05) is 19.7 Å². The number of nitrogens with zero attached hydrogens (tertiary/aromatic N) is 3. The van der Waals surface area contributed by atoms with Gasteiger partial charge in [0, 0.05) is 25.2 Å². The van der Waals surface area contributed by atoms with Gasteiger partial charge in [0.15, 0.2) is 0 Å². The summed E-state index contributed by atoms with van der Waals surface area (Å²) in [7, 11) is 0. The first-order chi connectivity index (χ1) is 12.7. The van der Waals surface area contributed by atoms with E-state index in [-0.39, 0.29) is 17.6 Å². The maximum absolute atomic E-state index is 13.0. The van der Waals surface area contributed by atoms with Crippen molar-refractivity contribution in [3.05, 3.63) is 66.4 Å². The van der Waals surface area contributed by atoms with Crippen molar-refractivity contribution in [1.82, 2.24) is 14.3 Å². The van der Waals surface area contributed by atoms with Gasteiger partial charge in [0.2, 0.25) is 0 Å². The molecule has 3 aromatic rings. The molecule has 0 bridgehead atoms. The summed E-state index contributed by atoms with van der Waals surface area (Å²) in [6.07, 6.45) is 5.45. The molecule has 0 radical (unpaired) electrons. The number of carbonyl (C=O) groups is 1. The van der Waals surface area contributed by atoms with Crippen molar-refractivity contribution in [3.63, 3.8) is 0 Å². The smallest absolute Gasteiger partial charge is 0.272 e. The van der Waals surface area contributed by atoms with Crippen molar-refractivity contribution in [3.8, 4) is 5.75 Å². The van der Waals surface area contributed by atoms with Gasteiger partial charge in [-0.05, 0) is 49.2 Å². The third kappa shape index (κ3) is 3.40. The third-order valence-corrected chi connectivity index (χ3v) is 4.74. The van der Waals surface area contributed by atoms with Crippen LogP contribution in [-0.2, 0) is 0 Å². The Hall–Kier alpha value is -2.89. The summed E-state index contributed by atoms with van der Waals surface area (Å²) in [5, 5.41) is 0. The number of aromatic nitrogens is 2. The Kier molecular flexibility index (Phi) is 4.56. The zero-order chi connectivity index (χ0) is 17.9. The van der Waals surface area contributed by atoms with Crippen LogP contribution in [-0.4, -0.2) is 39.9 Å². The molecule has 5 nitrogen and oxygen atoms in total. The predicted octanol–water partition coefficient (Wildman–Crippen LogP) is 3.40. The molecule has 1 aliphatic heterocycles. The molecule has 0 aliphatic carbocycles. The van der Waals surface area contributed by atoms with Gasteiger partial charge in [-0.3, -0.25) is 9.20 Å². The third-order valence-electron chi connectivity index (χ3n) is 4.74. The van der Waals surface area contributed by atoms with E-state index >= 15 is 0 Å². The first-order valence-corrected chi connectivity index (χ1v) is 8.80. The Balaban J connectivity index is 1.41. The lowest BCUT2D eigenvalue weighted by Crippen LogP contribution is -2.42. The molecule has 1 aromatic carbocycles. The quantitative estimate of drug-likeness (QED) is 0.722. The van der Waals surface area contributed by atoms with E-state index in [4.69, 9.17) is 4.74 Å². The van der Waals surface area contributed by atoms with Crippen LogP contribution in [0.1, 0.15) is 23.3 Å². The van der Waals surface area contributed by atoms with Gasteiger partial charge in [-0.25, -0.2) is 9.37 Å². The first kappa shape index (κ1) is 16.6. The Morgan fingerprint density at radius 2 is 2.08 bits per heavy atom. The van der Waals surface area contributed by atoms with E-state index < -0.39 is 0 Å². The molecule has 0 N–H and O–H groups in total.